The number of benzene rings is 2. The maximum absolute atomic E-state index is 15.5. The quantitative estimate of drug-likeness (QED) is 0.447. The van der Waals surface area contributed by atoms with Crippen LogP contribution in [0.1, 0.15) is 81.3 Å². The molecule has 2 aromatic carbocycles. The molecule has 1 saturated heterocycles. The van der Waals surface area contributed by atoms with Crippen molar-refractivity contribution in [2.45, 2.75) is 99.9 Å². The maximum atomic E-state index is 15.5. The number of aldehydes is 1. The van der Waals surface area contributed by atoms with E-state index in [4.69, 9.17) is 4.74 Å². The minimum atomic E-state index is -1.85. The van der Waals surface area contributed by atoms with Gasteiger partial charge in [0.25, 0.3) is 5.91 Å². The van der Waals surface area contributed by atoms with E-state index in [9.17, 15) is 9.59 Å². The van der Waals surface area contributed by atoms with Crippen molar-refractivity contribution in [1.29, 1.82) is 0 Å². The highest BCUT2D eigenvalue weighted by atomic mass is 19.1. The third kappa shape index (κ3) is 4.74. The van der Waals surface area contributed by atoms with Crippen LogP contribution in [0.15, 0.2) is 36.4 Å². The molecule has 202 valence electrons. The molecule has 3 atom stereocenters. The van der Waals surface area contributed by atoms with E-state index in [-0.39, 0.29) is 48.8 Å². The van der Waals surface area contributed by atoms with E-state index in [1.165, 1.54) is 6.07 Å². The molecule has 1 unspecified atom stereocenters. The van der Waals surface area contributed by atoms with Gasteiger partial charge in [-0.1, -0.05) is 24.6 Å². The van der Waals surface area contributed by atoms with Gasteiger partial charge in [-0.25, -0.2) is 8.78 Å². The second-order valence-corrected chi connectivity index (χ2v) is 11.9. The number of carbonyl (C=O) groups is 2. The minimum Gasteiger partial charge on any atom is -0.490 e. The largest absolute Gasteiger partial charge is 0.490 e. The van der Waals surface area contributed by atoms with Crippen LogP contribution in [-0.2, 0) is 16.0 Å². The Morgan fingerprint density at radius 1 is 1.11 bits per heavy atom. The number of amides is 1. The van der Waals surface area contributed by atoms with Gasteiger partial charge in [0.2, 0.25) is 5.67 Å². The summed E-state index contributed by atoms with van der Waals surface area (Å²) in [6.07, 6.45) is 9.29. The summed E-state index contributed by atoms with van der Waals surface area (Å²) in [7, 11) is 0. The first-order valence-corrected chi connectivity index (χ1v) is 14.1. The fourth-order valence-electron chi connectivity index (χ4n) is 6.78. The second-order valence-electron chi connectivity index (χ2n) is 11.9. The number of halogens is 2. The first-order chi connectivity index (χ1) is 18.4. The van der Waals surface area contributed by atoms with Crippen molar-refractivity contribution in [3.8, 4) is 16.9 Å². The van der Waals surface area contributed by atoms with Gasteiger partial charge in [-0.05, 0) is 85.8 Å². The van der Waals surface area contributed by atoms with Crippen molar-refractivity contribution < 1.29 is 23.1 Å². The third-order valence-electron chi connectivity index (χ3n) is 9.31. The van der Waals surface area contributed by atoms with Gasteiger partial charge in [0, 0.05) is 43.0 Å². The molecule has 1 spiro atoms. The highest BCUT2D eigenvalue weighted by Gasteiger charge is 2.55. The number of alkyl halides is 1. The lowest BCUT2D eigenvalue weighted by Gasteiger charge is -2.38. The lowest BCUT2D eigenvalue weighted by Crippen LogP contribution is -2.49. The van der Waals surface area contributed by atoms with Crippen molar-refractivity contribution >= 4 is 12.2 Å². The van der Waals surface area contributed by atoms with E-state index in [2.05, 4.69) is 10.6 Å². The number of rotatable bonds is 8. The zero-order valence-electron chi connectivity index (χ0n) is 21.7. The molecule has 0 aromatic heterocycles. The van der Waals surface area contributed by atoms with Crippen LogP contribution in [0.3, 0.4) is 0 Å². The Hall–Kier alpha value is -2.80. The number of nitrogens with one attached hydrogen (secondary N) is 2. The van der Waals surface area contributed by atoms with Gasteiger partial charge in [-0.15, -0.1) is 0 Å². The zero-order chi connectivity index (χ0) is 26.3. The summed E-state index contributed by atoms with van der Waals surface area (Å²) in [5.41, 5.74) is 1.16. The number of hydrogen-bond acceptors (Lipinski definition) is 4. The molecule has 3 saturated carbocycles. The van der Waals surface area contributed by atoms with Crippen LogP contribution in [0.5, 0.6) is 5.75 Å². The fraction of sp³-hybridized carbons (Fsp3) is 0.548. The summed E-state index contributed by atoms with van der Waals surface area (Å²) in [6.45, 7) is 0.0823. The molecule has 4 fully saturated rings. The Morgan fingerprint density at radius 2 is 1.95 bits per heavy atom. The summed E-state index contributed by atoms with van der Waals surface area (Å²) in [6, 6.07) is 10.7. The average Bonchev–Trinajstić information content (AvgIpc) is 3.45. The lowest BCUT2D eigenvalue weighted by molar-refractivity contribution is -0.133. The fourth-order valence-corrected chi connectivity index (χ4v) is 6.78. The zero-order valence-corrected chi connectivity index (χ0v) is 21.7. The maximum Gasteiger partial charge on any atom is 0.259 e. The third-order valence-corrected chi connectivity index (χ3v) is 9.31. The Balaban J connectivity index is 1.18. The van der Waals surface area contributed by atoms with Gasteiger partial charge < -0.3 is 20.2 Å². The van der Waals surface area contributed by atoms with Crippen molar-refractivity contribution in [3.63, 3.8) is 0 Å². The molecule has 7 heteroatoms. The first-order valence-electron chi connectivity index (χ1n) is 14.1. The van der Waals surface area contributed by atoms with E-state index in [0.717, 1.165) is 79.9 Å². The Kier molecular flexibility index (Phi) is 6.75. The molecule has 38 heavy (non-hydrogen) atoms. The van der Waals surface area contributed by atoms with Gasteiger partial charge in [0.15, 0.2) is 0 Å². The van der Waals surface area contributed by atoms with Crippen molar-refractivity contribution in [2.75, 3.05) is 6.54 Å². The number of ether oxygens (including phenoxy) is 1. The minimum absolute atomic E-state index is 0.0823. The van der Waals surface area contributed by atoms with Crippen molar-refractivity contribution in [2.24, 2.45) is 0 Å². The van der Waals surface area contributed by atoms with Gasteiger partial charge >= 0.3 is 0 Å². The van der Waals surface area contributed by atoms with Crippen LogP contribution >= 0.6 is 0 Å². The summed E-state index contributed by atoms with van der Waals surface area (Å²) in [4.78, 5) is 24.1. The normalized spacial score (nSPS) is 28.1. The standard InChI is InChI=1S/C31H36F2N2O3/c32-26-7-2-6-24(28(26)21-4-1-5-21)25-16-20(12-15-36)8-11-27(25)38-23-10-9-22(17-23)35-29(37)31(33)18-30(34-19-31)13-3-14-30/h2,6-8,11,15-16,21-23,34H,1,3-5,9-10,12-14,17-19H2,(H,35,37)/t22-,23-,31?/m1/s1. The topological polar surface area (TPSA) is 67.4 Å². The van der Waals surface area contributed by atoms with Crippen LogP contribution in [0, 0.1) is 5.82 Å². The predicted octanol–water partition coefficient (Wildman–Crippen LogP) is 5.54. The second kappa shape index (κ2) is 10.1. The summed E-state index contributed by atoms with van der Waals surface area (Å²) in [5.74, 6) is 0.129. The summed E-state index contributed by atoms with van der Waals surface area (Å²) < 4.78 is 37.0. The van der Waals surface area contributed by atoms with Gasteiger partial charge in [0.05, 0.1) is 0 Å². The van der Waals surface area contributed by atoms with Crippen molar-refractivity contribution in [3.05, 3.63) is 53.3 Å². The smallest absolute Gasteiger partial charge is 0.259 e. The molecule has 5 nitrogen and oxygen atoms in total. The molecule has 4 aliphatic rings. The van der Waals surface area contributed by atoms with Crippen molar-refractivity contribution in [1.82, 2.24) is 10.6 Å². The number of carbonyl (C=O) groups excluding carboxylic acids is 2. The van der Waals surface area contributed by atoms with Gasteiger partial charge in [-0.2, -0.15) is 0 Å². The molecule has 2 aromatic rings. The predicted molar refractivity (Wildman–Crippen MR) is 141 cm³/mol. The Labute approximate surface area is 222 Å². The van der Waals surface area contributed by atoms with E-state index in [1.54, 1.807) is 6.07 Å². The SMILES string of the molecule is O=CCc1ccc(O[C@@H]2CC[C@@H](NC(=O)C3(F)CNC4(CCC4)C3)C2)c(-c2cccc(F)c2C2CCC2)c1. The van der Waals surface area contributed by atoms with E-state index in [0.29, 0.717) is 12.2 Å². The van der Waals surface area contributed by atoms with E-state index >= 15 is 8.78 Å². The Morgan fingerprint density at radius 3 is 2.63 bits per heavy atom. The van der Waals surface area contributed by atoms with Crippen LogP contribution in [-0.4, -0.2) is 42.1 Å². The van der Waals surface area contributed by atoms with E-state index in [1.807, 2.05) is 24.3 Å². The van der Waals surface area contributed by atoms with E-state index < -0.39 is 11.6 Å². The molecular weight excluding hydrogens is 486 g/mol. The monoisotopic (exact) mass is 522 g/mol. The first kappa shape index (κ1) is 25.5. The highest BCUT2D eigenvalue weighted by molar-refractivity contribution is 5.86. The molecule has 0 radical (unpaired) electrons. The van der Waals surface area contributed by atoms with Gasteiger partial charge in [-0.3, -0.25) is 4.79 Å². The summed E-state index contributed by atoms with van der Waals surface area (Å²) in [5, 5.41) is 6.22. The van der Waals surface area contributed by atoms with Crippen LogP contribution in [0.2, 0.25) is 0 Å². The van der Waals surface area contributed by atoms with Crippen LogP contribution in [0.4, 0.5) is 8.78 Å². The lowest BCUT2D eigenvalue weighted by atomic mass is 9.74. The number of hydrogen-bond donors (Lipinski definition) is 2. The highest BCUT2D eigenvalue weighted by Crippen LogP contribution is 2.46. The molecule has 2 N–H and O–H groups in total. The summed E-state index contributed by atoms with van der Waals surface area (Å²) >= 11 is 0. The molecule has 1 heterocycles. The van der Waals surface area contributed by atoms with Crippen LogP contribution in [0.25, 0.3) is 11.1 Å². The molecular formula is C31H36F2N2O3. The molecule has 6 rings (SSSR count). The molecule has 0 bridgehead atoms. The van der Waals surface area contributed by atoms with Crippen LogP contribution < -0.4 is 15.4 Å². The Bertz CT molecular complexity index is 1230. The van der Waals surface area contributed by atoms with Gasteiger partial charge in [0.1, 0.15) is 24.0 Å². The average molecular weight is 523 g/mol. The molecule has 1 aliphatic heterocycles. The molecule has 1 amide bonds. The molecule has 3 aliphatic carbocycles.